The van der Waals surface area contributed by atoms with Gasteiger partial charge in [0.15, 0.2) is 0 Å². The highest BCUT2D eigenvalue weighted by molar-refractivity contribution is 7.84. The van der Waals surface area contributed by atoms with E-state index in [0.29, 0.717) is 5.92 Å². The molecule has 0 aliphatic rings. The van der Waals surface area contributed by atoms with Crippen molar-refractivity contribution in [3.63, 3.8) is 0 Å². The second kappa shape index (κ2) is 5.95. The van der Waals surface area contributed by atoms with Crippen molar-refractivity contribution in [2.45, 2.75) is 44.9 Å². The maximum atomic E-state index is 11.5. The van der Waals surface area contributed by atoms with Gasteiger partial charge in [-0.05, 0) is 24.6 Å². The van der Waals surface area contributed by atoms with Gasteiger partial charge in [0.05, 0.1) is 11.0 Å². The van der Waals surface area contributed by atoms with Gasteiger partial charge in [-0.25, -0.2) is 4.98 Å². The first-order valence-corrected chi connectivity index (χ1v) is 8.60. The predicted molar refractivity (Wildman–Crippen MR) is 86.4 cm³/mol. The van der Waals surface area contributed by atoms with Gasteiger partial charge in [0, 0.05) is 40.5 Å². The van der Waals surface area contributed by atoms with Crippen LogP contribution in [0.15, 0.2) is 18.2 Å². The van der Waals surface area contributed by atoms with Crippen LogP contribution in [0.3, 0.4) is 0 Å². The zero-order valence-corrected chi connectivity index (χ0v) is 13.4. The molecule has 2 atom stereocenters. The lowest BCUT2D eigenvalue weighted by molar-refractivity contribution is 0.591. The number of hydrogen-bond acceptors (Lipinski definition) is 3. The maximum Gasteiger partial charge on any atom is 0.112 e. The van der Waals surface area contributed by atoms with E-state index < -0.39 is 10.8 Å². The standard InChI is InChI=1S/C15H23N3OS/c1-10(2)15-17-13-9-12(16)5-6-14(13)18(15)8-7-11(3)20(4)19/h5-6,9-11H,7-8,16H2,1-4H3. The Labute approximate surface area is 122 Å². The lowest BCUT2D eigenvalue weighted by atomic mass is 10.2. The fourth-order valence-corrected chi connectivity index (χ4v) is 2.76. The number of nitrogens with two attached hydrogens (primary N) is 1. The molecule has 0 amide bonds. The summed E-state index contributed by atoms with van der Waals surface area (Å²) in [7, 11) is -0.780. The van der Waals surface area contributed by atoms with Crippen LogP contribution in [0.5, 0.6) is 0 Å². The van der Waals surface area contributed by atoms with Crippen LogP contribution in [-0.4, -0.2) is 25.3 Å². The van der Waals surface area contributed by atoms with E-state index in [2.05, 4.69) is 18.4 Å². The SMILES string of the molecule is CC(C)c1nc2cc(N)ccc2n1CCC(C)S(C)=O. The van der Waals surface area contributed by atoms with Crippen molar-refractivity contribution >= 4 is 27.5 Å². The molecule has 1 aromatic heterocycles. The van der Waals surface area contributed by atoms with Crippen molar-refractivity contribution in [2.24, 2.45) is 0 Å². The maximum absolute atomic E-state index is 11.5. The summed E-state index contributed by atoms with van der Waals surface area (Å²) in [4.78, 5) is 4.70. The van der Waals surface area contributed by atoms with E-state index in [1.54, 1.807) is 6.26 Å². The molecule has 0 bridgehead atoms. The zero-order chi connectivity index (χ0) is 14.9. The molecule has 1 aromatic carbocycles. The first kappa shape index (κ1) is 15.0. The molecule has 2 aromatic rings. The largest absolute Gasteiger partial charge is 0.399 e. The van der Waals surface area contributed by atoms with Gasteiger partial charge in [0.25, 0.3) is 0 Å². The molecule has 0 aliphatic carbocycles. The Morgan fingerprint density at radius 3 is 2.65 bits per heavy atom. The van der Waals surface area contributed by atoms with Crippen molar-refractivity contribution in [3.8, 4) is 0 Å². The highest BCUT2D eigenvalue weighted by Gasteiger charge is 2.15. The minimum Gasteiger partial charge on any atom is -0.399 e. The van der Waals surface area contributed by atoms with Crippen LogP contribution in [0.1, 0.15) is 38.9 Å². The van der Waals surface area contributed by atoms with Crippen LogP contribution >= 0.6 is 0 Å². The molecule has 4 nitrogen and oxygen atoms in total. The topological polar surface area (TPSA) is 60.9 Å². The van der Waals surface area contributed by atoms with E-state index in [4.69, 9.17) is 10.7 Å². The van der Waals surface area contributed by atoms with E-state index in [9.17, 15) is 4.21 Å². The highest BCUT2D eigenvalue weighted by Crippen LogP contribution is 2.24. The Balaban J connectivity index is 2.38. The van der Waals surface area contributed by atoms with Crippen molar-refractivity contribution in [2.75, 3.05) is 12.0 Å². The molecule has 110 valence electrons. The number of hydrogen-bond donors (Lipinski definition) is 1. The average molecular weight is 293 g/mol. The Kier molecular flexibility index (Phi) is 4.48. The Hall–Kier alpha value is -1.36. The molecule has 0 saturated heterocycles. The molecule has 0 spiro atoms. The number of benzene rings is 1. The first-order valence-electron chi connectivity index (χ1n) is 6.98. The summed E-state index contributed by atoms with van der Waals surface area (Å²) in [5.41, 5.74) is 8.62. The molecule has 20 heavy (non-hydrogen) atoms. The predicted octanol–water partition coefficient (Wildman–Crippen LogP) is 2.90. The summed E-state index contributed by atoms with van der Waals surface area (Å²) >= 11 is 0. The fraction of sp³-hybridized carbons (Fsp3) is 0.533. The Bertz CT molecular complexity index is 633. The highest BCUT2D eigenvalue weighted by atomic mass is 32.2. The van der Waals surface area contributed by atoms with Gasteiger partial charge in [0.2, 0.25) is 0 Å². The van der Waals surface area contributed by atoms with Crippen molar-refractivity contribution in [3.05, 3.63) is 24.0 Å². The van der Waals surface area contributed by atoms with Gasteiger partial charge in [-0.1, -0.05) is 20.8 Å². The zero-order valence-electron chi connectivity index (χ0n) is 12.6. The first-order chi connectivity index (χ1) is 9.40. The Morgan fingerprint density at radius 1 is 1.35 bits per heavy atom. The number of aromatic nitrogens is 2. The van der Waals surface area contributed by atoms with E-state index in [1.165, 1.54) is 0 Å². The summed E-state index contributed by atoms with van der Waals surface area (Å²) in [5, 5.41) is 0.196. The molecule has 2 N–H and O–H groups in total. The second-order valence-corrected chi connectivity index (χ2v) is 7.42. The molecule has 2 rings (SSSR count). The van der Waals surface area contributed by atoms with Gasteiger partial charge in [-0.2, -0.15) is 0 Å². The minimum atomic E-state index is -0.780. The van der Waals surface area contributed by atoms with Crippen LogP contribution < -0.4 is 5.73 Å². The van der Waals surface area contributed by atoms with E-state index >= 15 is 0 Å². The van der Waals surface area contributed by atoms with Crippen LogP contribution in [-0.2, 0) is 17.3 Å². The van der Waals surface area contributed by atoms with Gasteiger partial charge in [-0.15, -0.1) is 0 Å². The number of nitrogens with zero attached hydrogens (tertiary/aromatic N) is 2. The average Bonchev–Trinajstić information content (AvgIpc) is 2.73. The molecule has 5 heteroatoms. The van der Waals surface area contributed by atoms with Gasteiger partial charge < -0.3 is 10.3 Å². The molecule has 0 saturated carbocycles. The third kappa shape index (κ3) is 3.03. The summed E-state index contributed by atoms with van der Waals surface area (Å²) in [5.74, 6) is 1.42. The van der Waals surface area contributed by atoms with Crippen LogP contribution in [0.4, 0.5) is 5.69 Å². The molecule has 0 radical (unpaired) electrons. The van der Waals surface area contributed by atoms with Gasteiger partial charge >= 0.3 is 0 Å². The molecule has 0 fully saturated rings. The summed E-state index contributed by atoms with van der Waals surface area (Å²) in [6, 6.07) is 5.85. The molecule has 2 unspecified atom stereocenters. The summed E-state index contributed by atoms with van der Waals surface area (Å²) in [6.07, 6.45) is 2.65. The second-order valence-electron chi connectivity index (χ2n) is 5.62. The van der Waals surface area contributed by atoms with Gasteiger partial charge in [0.1, 0.15) is 5.82 Å². The lowest BCUT2D eigenvalue weighted by Crippen LogP contribution is -2.14. The summed E-state index contributed by atoms with van der Waals surface area (Å²) in [6.45, 7) is 7.15. The molecular formula is C15H23N3OS. The van der Waals surface area contributed by atoms with E-state index in [1.807, 2.05) is 25.1 Å². The number of nitrogen functional groups attached to an aromatic ring is 1. The Morgan fingerprint density at radius 2 is 2.05 bits per heavy atom. The minimum absolute atomic E-state index is 0.196. The quantitative estimate of drug-likeness (QED) is 0.862. The third-order valence-electron chi connectivity index (χ3n) is 3.64. The summed E-state index contributed by atoms with van der Waals surface area (Å²) < 4.78 is 13.7. The van der Waals surface area contributed by atoms with E-state index in [0.717, 1.165) is 35.5 Å². The third-order valence-corrected chi connectivity index (χ3v) is 5.01. The number of fused-ring (bicyclic) bond motifs is 1. The molecule has 1 heterocycles. The molecule has 0 aliphatic heterocycles. The van der Waals surface area contributed by atoms with Gasteiger partial charge in [-0.3, -0.25) is 4.21 Å². The van der Waals surface area contributed by atoms with Crippen LogP contribution in [0.2, 0.25) is 0 Å². The monoisotopic (exact) mass is 293 g/mol. The number of anilines is 1. The number of aryl methyl sites for hydroxylation is 1. The number of imidazole rings is 1. The smallest absolute Gasteiger partial charge is 0.112 e. The van der Waals surface area contributed by atoms with Crippen molar-refractivity contribution < 1.29 is 4.21 Å². The van der Waals surface area contributed by atoms with E-state index in [-0.39, 0.29) is 5.25 Å². The molecular weight excluding hydrogens is 270 g/mol. The number of rotatable bonds is 5. The lowest BCUT2D eigenvalue weighted by Gasteiger charge is -2.14. The van der Waals surface area contributed by atoms with Crippen LogP contribution in [0.25, 0.3) is 11.0 Å². The van der Waals surface area contributed by atoms with Crippen LogP contribution in [0, 0.1) is 0 Å². The van der Waals surface area contributed by atoms with Crippen molar-refractivity contribution in [1.29, 1.82) is 0 Å². The normalized spacial score (nSPS) is 14.8. The van der Waals surface area contributed by atoms with Crippen molar-refractivity contribution in [1.82, 2.24) is 9.55 Å². The fourth-order valence-electron chi connectivity index (χ4n) is 2.32.